The Hall–Kier alpha value is -2.02. The number of nitrogens with one attached hydrogen (secondary N) is 1. The highest BCUT2D eigenvalue weighted by atomic mass is 16.2. The van der Waals surface area contributed by atoms with E-state index in [1.165, 1.54) is 0 Å². The van der Waals surface area contributed by atoms with E-state index in [1.807, 2.05) is 6.07 Å². The fraction of sp³-hybridized carbons (Fsp3) is 0.273. The summed E-state index contributed by atoms with van der Waals surface area (Å²) in [5.74, 6) is -0.123. The monoisotopic (exact) mass is 203 g/mol. The molecule has 0 saturated carbocycles. The lowest BCUT2D eigenvalue weighted by molar-refractivity contribution is -0.123. The number of nitrogens with zero attached hydrogens (tertiary/aromatic N) is 2. The van der Waals surface area contributed by atoms with Gasteiger partial charge in [0.2, 0.25) is 5.91 Å². The van der Waals surface area contributed by atoms with Gasteiger partial charge in [-0.05, 0) is 19.1 Å². The summed E-state index contributed by atoms with van der Waals surface area (Å²) in [5.41, 5.74) is 0.483. The summed E-state index contributed by atoms with van der Waals surface area (Å²) in [5, 5.41) is 11.5. The van der Waals surface area contributed by atoms with Crippen molar-refractivity contribution in [2.45, 2.75) is 13.0 Å². The molecule has 0 aliphatic rings. The number of carbonyl (C=O) groups excluding carboxylic acids is 1. The van der Waals surface area contributed by atoms with Crippen LogP contribution in [-0.4, -0.2) is 17.0 Å². The van der Waals surface area contributed by atoms with Crippen LogP contribution in [-0.2, 0) is 4.79 Å². The molecular formula is C11H13N3O. The quantitative estimate of drug-likeness (QED) is 0.748. The summed E-state index contributed by atoms with van der Waals surface area (Å²) in [4.78, 5) is 11.6. The van der Waals surface area contributed by atoms with Gasteiger partial charge in [-0.1, -0.05) is 6.08 Å². The van der Waals surface area contributed by atoms with Crippen LogP contribution in [0.3, 0.4) is 0 Å². The van der Waals surface area contributed by atoms with E-state index in [0.29, 0.717) is 12.2 Å². The van der Waals surface area contributed by atoms with Crippen molar-refractivity contribution in [3.63, 3.8) is 0 Å². The SMILES string of the molecule is C=CCNC(=O)C(C)n1cccc1C#N. The smallest absolute Gasteiger partial charge is 0.243 e. The van der Waals surface area contributed by atoms with Gasteiger partial charge in [-0.25, -0.2) is 0 Å². The van der Waals surface area contributed by atoms with Gasteiger partial charge in [0.15, 0.2) is 0 Å². The lowest BCUT2D eigenvalue weighted by atomic mass is 10.3. The third-order valence-corrected chi connectivity index (χ3v) is 2.11. The molecule has 1 unspecified atom stereocenters. The first-order chi connectivity index (χ1) is 7.20. The van der Waals surface area contributed by atoms with Crippen LogP contribution in [0.25, 0.3) is 0 Å². The fourth-order valence-electron chi connectivity index (χ4n) is 1.27. The van der Waals surface area contributed by atoms with Gasteiger partial charge in [0.05, 0.1) is 0 Å². The molecule has 0 radical (unpaired) electrons. The van der Waals surface area contributed by atoms with Gasteiger partial charge in [0, 0.05) is 12.7 Å². The molecule has 1 aromatic rings. The topological polar surface area (TPSA) is 57.8 Å². The number of amides is 1. The maximum absolute atomic E-state index is 11.6. The molecule has 1 amide bonds. The third-order valence-electron chi connectivity index (χ3n) is 2.11. The van der Waals surface area contributed by atoms with Crippen LogP contribution < -0.4 is 5.32 Å². The van der Waals surface area contributed by atoms with Crippen molar-refractivity contribution >= 4 is 5.91 Å². The van der Waals surface area contributed by atoms with Gasteiger partial charge in [-0.3, -0.25) is 4.79 Å². The number of hydrogen-bond acceptors (Lipinski definition) is 2. The van der Waals surface area contributed by atoms with Crippen LogP contribution in [0.5, 0.6) is 0 Å². The van der Waals surface area contributed by atoms with E-state index in [9.17, 15) is 4.79 Å². The number of nitriles is 1. The summed E-state index contributed by atoms with van der Waals surface area (Å²) in [6, 6.07) is 5.07. The molecule has 0 aliphatic heterocycles. The Bertz CT molecular complexity index is 400. The Morgan fingerprint density at radius 1 is 1.87 bits per heavy atom. The van der Waals surface area contributed by atoms with Crippen molar-refractivity contribution in [3.05, 3.63) is 36.7 Å². The summed E-state index contributed by atoms with van der Waals surface area (Å²) < 4.78 is 1.64. The van der Waals surface area contributed by atoms with Crippen LogP contribution in [0.4, 0.5) is 0 Å². The molecule has 78 valence electrons. The minimum absolute atomic E-state index is 0.123. The first kappa shape index (κ1) is 11.1. The van der Waals surface area contributed by atoms with E-state index >= 15 is 0 Å². The highest BCUT2D eigenvalue weighted by Gasteiger charge is 2.15. The van der Waals surface area contributed by atoms with Crippen molar-refractivity contribution < 1.29 is 4.79 Å². The van der Waals surface area contributed by atoms with Crippen molar-refractivity contribution in [1.82, 2.24) is 9.88 Å². The molecule has 15 heavy (non-hydrogen) atoms. The molecule has 1 N–H and O–H groups in total. The average Bonchev–Trinajstić information content (AvgIpc) is 2.72. The molecule has 0 bridgehead atoms. The molecule has 0 aromatic carbocycles. The molecule has 4 nitrogen and oxygen atoms in total. The predicted octanol–water partition coefficient (Wildman–Crippen LogP) is 1.22. The zero-order chi connectivity index (χ0) is 11.3. The van der Waals surface area contributed by atoms with Crippen LogP contribution in [0.1, 0.15) is 18.7 Å². The Labute approximate surface area is 88.8 Å². The molecule has 1 heterocycles. The Morgan fingerprint density at radius 3 is 3.20 bits per heavy atom. The van der Waals surface area contributed by atoms with Gasteiger partial charge in [-0.15, -0.1) is 6.58 Å². The maximum Gasteiger partial charge on any atom is 0.243 e. The largest absolute Gasteiger partial charge is 0.351 e. The van der Waals surface area contributed by atoms with E-state index in [-0.39, 0.29) is 11.9 Å². The van der Waals surface area contributed by atoms with Gasteiger partial charge >= 0.3 is 0 Å². The normalized spacial score (nSPS) is 11.5. The van der Waals surface area contributed by atoms with E-state index in [4.69, 9.17) is 5.26 Å². The summed E-state index contributed by atoms with van der Waals surface area (Å²) in [7, 11) is 0. The summed E-state index contributed by atoms with van der Waals surface area (Å²) in [6.07, 6.45) is 3.34. The second-order valence-electron chi connectivity index (χ2n) is 3.12. The minimum atomic E-state index is -0.380. The average molecular weight is 203 g/mol. The van der Waals surface area contributed by atoms with Gasteiger partial charge in [-0.2, -0.15) is 5.26 Å². The molecule has 0 aliphatic carbocycles. The first-order valence-electron chi connectivity index (χ1n) is 4.66. The van der Waals surface area contributed by atoms with Gasteiger partial charge in [0.25, 0.3) is 0 Å². The zero-order valence-electron chi connectivity index (χ0n) is 8.60. The molecule has 1 atom stereocenters. The van der Waals surface area contributed by atoms with Crippen LogP contribution in [0.15, 0.2) is 31.0 Å². The Kier molecular flexibility index (Phi) is 3.69. The van der Waals surface area contributed by atoms with Crippen LogP contribution >= 0.6 is 0 Å². The molecule has 1 aromatic heterocycles. The predicted molar refractivity (Wildman–Crippen MR) is 57.1 cm³/mol. The van der Waals surface area contributed by atoms with Crippen molar-refractivity contribution in [2.75, 3.05) is 6.54 Å². The van der Waals surface area contributed by atoms with Crippen molar-refractivity contribution in [2.24, 2.45) is 0 Å². The molecule has 4 heteroatoms. The lowest BCUT2D eigenvalue weighted by Gasteiger charge is -2.13. The third kappa shape index (κ3) is 2.47. The van der Waals surface area contributed by atoms with Gasteiger partial charge in [0.1, 0.15) is 17.8 Å². The second-order valence-corrected chi connectivity index (χ2v) is 3.12. The van der Waals surface area contributed by atoms with Crippen molar-refractivity contribution in [1.29, 1.82) is 5.26 Å². The van der Waals surface area contributed by atoms with E-state index in [0.717, 1.165) is 0 Å². The second kappa shape index (κ2) is 5.01. The molecule has 0 saturated heterocycles. The Balaban J connectivity index is 2.76. The zero-order valence-corrected chi connectivity index (χ0v) is 8.60. The standard InChI is InChI=1S/C11H13N3O/c1-3-6-13-11(15)9(2)14-7-4-5-10(14)8-12/h3-5,7,9H,1,6H2,2H3,(H,13,15). The highest BCUT2D eigenvalue weighted by molar-refractivity contribution is 5.80. The molecule has 0 fully saturated rings. The number of carbonyl (C=O) groups is 1. The first-order valence-corrected chi connectivity index (χ1v) is 4.66. The Morgan fingerprint density at radius 2 is 2.60 bits per heavy atom. The molecule has 1 rings (SSSR count). The van der Waals surface area contributed by atoms with E-state index < -0.39 is 0 Å². The van der Waals surface area contributed by atoms with E-state index in [2.05, 4.69) is 11.9 Å². The lowest BCUT2D eigenvalue weighted by Crippen LogP contribution is -2.31. The van der Waals surface area contributed by atoms with E-state index in [1.54, 1.807) is 35.9 Å². The highest BCUT2D eigenvalue weighted by Crippen LogP contribution is 2.10. The summed E-state index contributed by atoms with van der Waals surface area (Å²) in [6.45, 7) is 5.70. The number of hydrogen-bond donors (Lipinski definition) is 1. The van der Waals surface area contributed by atoms with Crippen LogP contribution in [0.2, 0.25) is 0 Å². The number of aromatic nitrogens is 1. The van der Waals surface area contributed by atoms with Gasteiger partial charge < -0.3 is 9.88 Å². The number of rotatable bonds is 4. The molecular weight excluding hydrogens is 190 g/mol. The minimum Gasteiger partial charge on any atom is -0.351 e. The summed E-state index contributed by atoms with van der Waals surface area (Å²) >= 11 is 0. The van der Waals surface area contributed by atoms with Crippen molar-refractivity contribution in [3.8, 4) is 6.07 Å². The maximum atomic E-state index is 11.6. The fourth-order valence-corrected chi connectivity index (χ4v) is 1.27. The van der Waals surface area contributed by atoms with Crippen LogP contribution in [0, 0.1) is 11.3 Å². The molecule has 0 spiro atoms.